The summed E-state index contributed by atoms with van der Waals surface area (Å²) in [6.07, 6.45) is 1.37. The van der Waals surface area contributed by atoms with Crippen molar-refractivity contribution in [2.24, 2.45) is 5.73 Å². The van der Waals surface area contributed by atoms with Crippen LogP contribution < -0.4 is 15.8 Å². The lowest BCUT2D eigenvalue weighted by atomic mass is 10.1. The fourth-order valence-corrected chi connectivity index (χ4v) is 5.23. The Hall–Kier alpha value is -3.69. The fourth-order valence-electron chi connectivity index (χ4n) is 4.30. The van der Waals surface area contributed by atoms with E-state index in [0.29, 0.717) is 19.5 Å². The number of fused-ring (bicyclic) bond motifs is 1. The van der Waals surface area contributed by atoms with Gasteiger partial charge in [0.1, 0.15) is 5.82 Å². The maximum absolute atomic E-state index is 12.4. The molecule has 1 heterocycles. The van der Waals surface area contributed by atoms with E-state index in [2.05, 4.69) is 42.8 Å². The minimum atomic E-state index is -3.95. The van der Waals surface area contributed by atoms with Crippen molar-refractivity contribution >= 4 is 27.1 Å². The van der Waals surface area contributed by atoms with Crippen molar-refractivity contribution in [2.45, 2.75) is 45.1 Å². The van der Waals surface area contributed by atoms with Gasteiger partial charge in [0, 0.05) is 25.2 Å². The molecule has 3 aromatic carbocycles. The van der Waals surface area contributed by atoms with E-state index in [0.717, 1.165) is 40.1 Å². The second kappa shape index (κ2) is 10.5. The van der Waals surface area contributed by atoms with Gasteiger partial charge in [0.05, 0.1) is 15.9 Å². The second-order valence-electron chi connectivity index (χ2n) is 8.79. The maximum Gasteiger partial charge on any atom is 0.328 e. The molecule has 0 radical (unpaired) electrons. The maximum atomic E-state index is 12.4. The summed E-state index contributed by atoms with van der Waals surface area (Å²) in [6.45, 7) is 6.88. The minimum Gasteiger partial charge on any atom is -0.337 e. The average Bonchev–Trinajstić information content (AvgIpc) is 3.23. The number of rotatable bonds is 8. The molecule has 8 nitrogen and oxygen atoms in total. The van der Waals surface area contributed by atoms with E-state index in [1.165, 1.54) is 23.3 Å². The zero-order valence-electron chi connectivity index (χ0n) is 20.7. The Bertz CT molecular complexity index is 1490. The molecule has 1 aromatic heterocycles. The topological polar surface area (TPSA) is 119 Å². The number of aromatic nitrogens is 2. The summed E-state index contributed by atoms with van der Waals surface area (Å²) in [7, 11) is -3.95. The van der Waals surface area contributed by atoms with Gasteiger partial charge in [0.15, 0.2) is 0 Å². The molecule has 9 heteroatoms. The van der Waals surface area contributed by atoms with Crippen LogP contribution in [0, 0.1) is 13.8 Å². The predicted octanol–water partition coefficient (Wildman–Crippen LogP) is 3.89. The number of nitrogens with zero attached hydrogens (tertiary/aromatic N) is 2. The van der Waals surface area contributed by atoms with Crippen molar-refractivity contribution < 1.29 is 13.2 Å². The Kier molecular flexibility index (Phi) is 7.42. The number of urea groups is 1. The lowest BCUT2D eigenvalue weighted by Gasteiger charge is -2.12. The third-order valence-corrected chi connectivity index (χ3v) is 7.41. The highest BCUT2D eigenvalue weighted by Gasteiger charge is 2.17. The number of carbonyl (C=O) groups is 1. The Balaban J connectivity index is 1.39. The standard InChI is InChI=1S/C27H31N5O3S/c1-4-25-30-24-16-18(2)15-19(3)26(24)32(25)22-9-5-20(6-10-22)13-14-29-27(33)31-36(34,35)23-11-7-21(17-28)8-12-23/h5-12,15-16H,4,13-14,17,28H2,1-3H3,(H2,29,31,33). The van der Waals surface area contributed by atoms with Crippen LogP contribution in [0.5, 0.6) is 0 Å². The van der Waals surface area contributed by atoms with Gasteiger partial charge in [-0.2, -0.15) is 0 Å². The first-order valence-corrected chi connectivity index (χ1v) is 13.4. The number of hydrogen-bond acceptors (Lipinski definition) is 5. The van der Waals surface area contributed by atoms with Gasteiger partial charge in [-0.15, -0.1) is 0 Å². The molecule has 4 rings (SSSR count). The molecule has 4 N–H and O–H groups in total. The van der Waals surface area contributed by atoms with Gasteiger partial charge in [0.2, 0.25) is 0 Å². The Morgan fingerprint density at radius 2 is 1.67 bits per heavy atom. The molecule has 4 aromatic rings. The minimum absolute atomic E-state index is 0.00862. The number of amides is 2. The molecular formula is C27H31N5O3S. The first-order chi connectivity index (χ1) is 17.2. The molecule has 0 spiro atoms. The highest BCUT2D eigenvalue weighted by Crippen LogP contribution is 2.26. The normalized spacial score (nSPS) is 11.6. The monoisotopic (exact) mass is 505 g/mol. The number of sulfonamides is 1. The molecule has 0 saturated carbocycles. The zero-order chi connectivity index (χ0) is 25.9. The van der Waals surface area contributed by atoms with Gasteiger partial charge in [0.25, 0.3) is 10.0 Å². The number of hydrogen-bond donors (Lipinski definition) is 3. The van der Waals surface area contributed by atoms with Crippen molar-refractivity contribution in [2.75, 3.05) is 6.54 Å². The Morgan fingerprint density at radius 3 is 2.31 bits per heavy atom. The number of aryl methyl sites for hydroxylation is 3. The Morgan fingerprint density at radius 1 is 1.00 bits per heavy atom. The van der Waals surface area contributed by atoms with Crippen molar-refractivity contribution in [1.82, 2.24) is 19.6 Å². The zero-order valence-corrected chi connectivity index (χ0v) is 21.5. The SMILES string of the molecule is CCc1nc2cc(C)cc(C)c2n1-c1ccc(CCNC(=O)NS(=O)(=O)c2ccc(CN)cc2)cc1. The molecule has 188 valence electrons. The van der Waals surface area contributed by atoms with Gasteiger partial charge < -0.3 is 11.1 Å². The van der Waals surface area contributed by atoms with Crippen LogP contribution in [0.25, 0.3) is 16.7 Å². The summed E-state index contributed by atoms with van der Waals surface area (Å²) in [4.78, 5) is 17.0. The summed E-state index contributed by atoms with van der Waals surface area (Å²) in [6, 6.07) is 17.7. The number of carbonyl (C=O) groups excluding carboxylic acids is 1. The molecule has 0 saturated heterocycles. The van der Waals surface area contributed by atoms with Crippen molar-refractivity contribution in [3.8, 4) is 5.69 Å². The molecule has 0 aliphatic rings. The summed E-state index contributed by atoms with van der Waals surface area (Å²) in [5.74, 6) is 1.00. The van der Waals surface area contributed by atoms with Gasteiger partial charge >= 0.3 is 6.03 Å². The Labute approximate surface area is 211 Å². The van der Waals surface area contributed by atoms with Crippen molar-refractivity contribution in [1.29, 1.82) is 0 Å². The summed E-state index contributed by atoms with van der Waals surface area (Å²) in [5.41, 5.74) is 12.9. The van der Waals surface area contributed by atoms with Crippen LogP contribution in [0.1, 0.15) is 35.0 Å². The molecule has 0 unspecified atom stereocenters. The van der Waals surface area contributed by atoms with Crippen LogP contribution in [0.3, 0.4) is 0 Å². The number of imidazole rings is 1. The highest BCUT2D eigenvalue weighted by atomic mass is 32.2. The first kappa shape index (κ1) is 25.4. The van der Waals surface area contributed by atoms with Crippen molar-refractivity contribution in [3.63, 3.8) is 0 Å². The quantitative estimate of drug-likeness (QED) is 0.336. The van der Waals surface area contributed by atoms with E-state index in [-0.39, 0.29) is 4.90 Å². The summed E-state index contributed by atoms with van der Waals surface area (Å²) < 4.78 is 29.0. The third kappa shape index (κ3) is 5.42. The first-order valence-electron chi connectivity index (χ1n) is 11.9. The molecule has 2 amide bonds. The number of benzene rings is 3. The van der Waals surface area contributed by atoms with Crippen LogP contribution in [0.2, 0.25) is 0 Å². The predicted molar refractivity (Wildman–Crippen MR) is 142 cm³/mol. The molecule has 36 heavy (non-hydrogen) atoms. The molecule has 0 fully saturated rings. The largest absolute Gasteiger partial charge is 0.337 e. The molecule has 0 aliphatic carbocycles. The van der Waals surface area contributed by atoms with E-state index >= 15 is 0 Å². The molecular weight excluding hydrogens is 474 g/mol. The van der Waals surface area contributed by atoms with Crippen LogP contribution >= 0.6 is 0 Å². The summed E-state index contributed by atoms with van der Waals surface area (Å²) in [5, 5.41) is 2.61. The van der Waals surface area contributed by atoms with E-state index in [1.807, 2.05) is 29.0 Å². The van der Waals surface area contributed by atoms with E-state index < -0.39 is 16.1 Å². The highest BCUT2D eigenvalue weighted by molar-refractivity contribution is 7.90. The van der Waals surface area contributed by atoms with Gasteiger partial charge in [-0.05, 0) is 72.9 Å². The van der Waals surface area contributed by atoms with Crippen LogP contribution in [-0.2, 0) is 29.4 Å². The average molecular weight is 506 g/mol. The van der Waals surface area contributed by atoms with Crippen LogP contribution in [-0.4, -0.2) is 30.5 Å². The molecule has 0 aliphatic heterocycles. The smallest absolute Gasteiger partial charge is 0.328 e. The van der Waals surface area contributed by atoms with Gasteiger partial charge in [-0.1, -0.05) is 37.3 Å². The number of nitrogens with two attached hydrogens (primary N) is 1. The third-order valence-electron chi connectivity index (χ3n) is 6.06. The van der Waals surface area contributed by atoms with Crippen molar-refractivity contribution in [3.05, 3.63) is 88.7 Å². The van der Waals surface area contributed by atoms with E-state index in [1.54, 1.807) is 12.1 Å². The molecule has 0 atom stereocenters. The second-order valence-corrected chi connectivity index (χ2v) is 10.5. The van der Waals surface area contributed by atoms with Crippen LogP contribution in [0.4, 0.5) is 4.79 Å². The summed E-state index contributed by atoms with van der Waals surface area (Å²) >= 11 is 0. The lowest BCUT2D eigenvalue weighted by Crippen LogP contribution is -2.40. The lowest BCUT2D eigenvalue weighted by molar-refractivity contribution is 0.246. The van der Waals surface area contributed by atoms with Crippen LogP contribution in [0.15, 0.2) is 65.6 Å². The molecule has 0 bridgehead atoms. The van der Waals surface area contributed by atoms with E-state index in [4.69, 9.17) is 10.7 Å². The van der Waals surface area contributed by atoms with Gasteiger partial charge in [-0.25, -0.2) is 22.9 Å². The van der Waals surface area contributed by atoms with Gasteiger partial charge in [-0.3, -0.25) is 4.57 Å². The fraction of sp³-hybridized carbons (Fsp3) is 0.259. The van der Waals surface area contributed by atoms with E-state index in [9.17, 15) is 13.2 Å². The number of nitrogens with one attached hydrogen (secondary N) is 2.